The van der Waals surface area contributed by atoms with Gasteiger partial charge in [0.1, 0.15) is 48.8 Å². The fraction of sp³-hybridized carbons (Fsp3) is 0.811. The topological polar surface area (TPSA) is 295 Å². The van der Waals surface area contributed by atoms with Crippen molar-refractivity contribution in [2.75, 3.05) is 19.8 Å². The van der Waals surface area contributed by atoms with Crippen LogP contribution in [0.2, 0.25) is 0 Å². The monoisotopic (exact) mass is 1020 g/mol. The van der Waals surface area contributed by atoms with Gasteiger partial charge < -0.3 is 74.0 Å². The molecule has 2 aliphatic heterocycles. The van der Waals surface area contributed by atoms with Crippen LogP contribution in [0, 0.1) is 50.2 Å². The van der Waals surface area contributed by atoms with E-state index in [1.54, 1.807) is 39.8 Å². The summed E-state index contributed by atoms with van der Waals surface area (Å²) in [5.74, 6) is -4.20. The summed E-state index contributed by atoms with van der Waals surface area (Å²) in [7, 11) is 0. The van der Waals surface area contributed by atoms with Crippen molar-refractivity contribution < 1.29 is 93.2 Å². The molecule has 19 heteroatoms. The average molecular weight is 1020 g/mol. The highest BCUT2D eigenvalue weighted by molar-refractivity contribution is 5.89. The van der Waals surface area contributed by atoms with E-state index in [4.69, 9.17) is 33.2 Å². The van der Waals surface area contributed by atoms with Crippen LogP contribution >= 0.6 is 0 Å². The maximum atomic E-state index is 14.0. The number of esters is 3. The van der Waals surface area contributed by atoms with Gasteiger partial charge in [0.05, 0.1) is 24.7 Å². The first kappa shape index (κ1) is 56.4. The molecular formula is C53H80O19. The Morgan fingerprint density at radius 1 is 0.764 bits per heavy atom. The van der Waals surface area contributed by atoms with Crippen molar-refractivity contribution in [3.8, 4) is 0 Å². The first-order chi connectivity index (χ1) is 33.5. The number of carbonyl (C=O) groups is 4. The summed E-state index contributed by atoms with van der Waals surface area (Å²) < 4.78 is 42.4. The molecule has 7 aliphatic rings. The zero-order valence-electron chi connectivity index (χ0n) is 43.6. The Morgan fingerprint density at radius 2 is 1.39 bits per heavy atom. The summed E-state index contributed by atoms with van der Waals surface area (Å²) >= 11 is 0. The van der Waals surface area contributed by atoms with Gasteiger partial charge in [-0.05, 0) is 112 Å². The summed E-state index contributed by atoms with van der Waals surface area (Å²) in [6.07, 6.45) is -11.0. The maximum Gasteiger partial charge on any atom is 0.335 e. The number of carboxylic acids is 1. The summed E-state index contributed by atoms with van der Waals surface area (Å²) in [5.41, 5.74) is -3.19. The third-order valence-electron chi connectivity index (χ3n) is 19.3. The Balaban J connectivity index is 1.24. The number of rotatable bonds is 12. The SMILES string of the molecule is C/C=C(/C)C(=O)O[C@H]1[C@H](OC(=O)/C(C)=C\C)[C@]2(CO)[C@H](OC(C)=O)C[C@]3(C)C(=CC[C@@H]4[C@@]5(C)CC[C@H](O[C@@H]6O[C@H](C(=O)O)[C@@H](O)[C@H](O[C@@H]7OC[C@H](O)[C@H](O)[C@H]7O)[C@H]6O)C[C@@H]5[C@@](C)(CO)C[C@]43C)[C@@H]2CC1(C)C. The first-order valence-electron chi connectivity index (χ1n) is 25.5. The molecule has 0 aromatic heterocycles. The van der Waals surface area contributed by atoms with Crippen LogP contribution in [0.1, 0.15) is 121 Å². The van der Waals surface area contributed by atoms with Crippen LogP contribution in [0.3, 0.4) is 0 Å². The molecule has 21 atom stereocenters. The molecular weight excluding hydrogens is 941 g/mol. The van der Waals surface area contributed by atoms with Crippen LogP contribution < -0.4 is 0 Å². The van der Waals surface area contributed by atoms with E-state index in [0.29, 0.717) is 49.7 Å². The molecule has 406 valence electrons. The zero-order chi connectivity index (χ0) is 53.4. The molecule has 7 rings (SSSR count). The number of hydrogen-bond acceptors (Lipinski definition) is 18. The van der Waals surface area contributed by atoms with Crippen molar-refractivity contribution >= 4 is 23.9 Å². The molecule has 0 amide bonds. The van der Waals surface area contributed by atoms with Crippen LogP contribution in [-0.2, 0) is 52.3 Å². The quantitative estimate of drug-likeness (QED) is 0.0458. The van der Waals surface area contributed by atoms with E-state index in [9.17, 15) is 60.0 Å². The molecule has 4 saturated carbocycles. The number of fused-ring (bicyclic) bond motifs is 7. The van der Waals surface area contributed by atoms with Crippen molar-refractivity contribution in [2.24, 2.45) is 50.2 Å². The number of aliphatic carboxylic acids is 1. The molecule has 0 unspecified atom stereocenters. The minimum Gasteiger partial charge on any atom is -0.479 e. The highest BCUT2D eigenvalue weighted by atomic mass is 16.7. The van der Waals surface area contributed by atoms with Gasteiger partial charge in [-0.25, -0.2) is 14.4 Å². The van der Waals surface area contributed by atoms with Crippen LogP contribution in [0.25, 0.3) is 0 Å². The standard InChI is InChI=1S/C53H80O19/c1-12-25(3)44(64)71-41-42(72-45(65)26(4)13-2)53(24-55)30(19-48(41,6)7)29-14-15-32-50(9)17-16-28(18-33(50)49(8,23-54)22-52(32,11)51(29,10)20-34(53)67-27(5)56)68-47-38(61)39(37(60)40(70-47)43(62)63)69-46-36(59)35(58)31(57)21-66-46/h12-14,28,30-42,46-47,54-55,57-61H,15-24H2,1-11H3,(H,62,63)/b25-12-,26-13-/t28-,30-,31-,32+,33+,34+,35-,36+,37-,38+,39-,40-,41-,42-,46-,47+,49+,50+,51+,52+,53-/m0/s1. The molecule has 6 fully saturated rings. The Kier molecular flexibility index (Phi) is 15.9. The van der Waals surface area contributed by atoms with Crippen LogP contribution in [0.4, 0.5) is 0 Å². The maximum absolute atomic E-state index is 14.0. The lowest BCUT2D eigenvalue weighted by Gasteiger charge is -2.74. The van der Waals surface area contributed by atoms with Crippen LogP contribution in [0.5, 0.6) is 0 Å². The second-order valence-corrected chi connectivity index (χ2v) is 23.8. The molecule has 0 bridgehead atoms. The van der Waals surface area contributed by atoms with Crippen molar-refractivity contribution in [3.05, 3.63) is 34.9 Å². The zero-order valence-corrected chi connectivity index (χ0v) is 43.6. The molecule has 8 N–H and O–H groups in total. The summed E-state index contributed by atoms with van der Waals surface area (Å²) in [6.45, 7) is 19.4. The molecule has 5 aliphatic carbocycles. The predicted molar refractivity (Wildman–Crippen MR) is 254 cm³/mol. The smallest absolute Gasteiger partial charge is 0.335 e. The minimum absolute atomic E-state index is 0.0272. The molecule has 19 nitrogen and oxygen atoms in total. The van der Waals surface area contributed by atoms with Gasteiger partial charge in [0.2, 0.25) is 0 Å². The minimum atomic E-state index is -1.96. The number of aliphatic hydroxyl groups excluding tert-OH is 7. The molecule has 0 spiro atoms. The lowest BCUT2D eigenvalue weighted by atomic mass is 9.31. The first-order valence-corrected chi connectivity index (χ1v) is 25.5. The fourth-order valence-corrected chi connectivity index (χ4v) is 15.0. The van der Waals surface area contributed by atoms with Gasteiger partial charge in [0, 0.05) is 30.1 Å². The van der Waals surface area contributed by atoms with Gasteiger partial charge in [0.25, 0.3) is 0 Å². The third kappa shape index (κ3) is 9.11. The predicted octanol–water partition coefficient (Wildman–Crippen LogP) is 3.01. The largest absolute Gasteiger partial charge is 0.479 e. The fourth-order valence-electron chi connectivity index (χ4n) is 15.0. The van der Waals surface area contributed by atoms with Crippen molar-refractivity contribution in [1.29, 1.82) is 0 Å². The van der Waals surface area contributed by atoms with Gasteiger partial charge in [0.15, 0.2) is 24.8 Å². The third-order valence-corrected chi connectivity index (χ3v) is 19.3. The second kappa shape index (κ2) is 20.3. The van der Waals surface area contributed by atoms with Crippen LogP contribution in [0.15, 0.2) is 34.9 Å². The van der Waals surface area contributed by atoms with E-state index in [1.807, 2.05) is 20.8 Å². The number of hydrogen-bond donors (Lipinski definition) is 8. The normalized spacial score (nSPS) is 47.1. The summed E-state index contributed by atoms with van der Waals surface area (Å²) in [5, 5.41) is 87.2. The Bertz CT molecular complexity index is 2170. The van der Waals surface area contributed by atoms with E-state index in [1.165, 1.54) is 6.92 Å². The van der Waals surface area contributed by atoms with Gasteiger partial charge in [-0.1, -0.05) is 65.3 Å². The van der Waals surface area contributed by atoms with E-state index in [2.05, 4.69) is 26.8 Å². The number of ether oxygens (including phenoxy) is 7. The van der Waals surface area contributed by atoms with E-state index < -0.39 is 155 Å². The van der Waals surface area contributed by atoms with Gasteiger partial charge in [-0.15, -0.1) is 0 Å². The average Bonchev–Trinajstić information content (AvgIpc) is 3.31. The Hall–Kier alpha value is -3.34. The van der Waals surface area contributed by atoms with E-state index in [-0.39, 0.29) is 24.9 Å². The molecule has 72 heavy (non-hydrogen) atoms. The Morgan fingerprint density at radius 3 is 1.96 bits per heavy atom. The lowest BCUT2D eigenvalue weighted by molar-refractivity contribution is -0.352. The number of carbonyl (C=O) groups excluding carboxylic acids is 3. The summed E-state index contributed by atoms with van der Waals surface area (Å²) in [4.78, 5) is 53.4. The number of carboxylic acid groups (broad SMARTS) is 1. The van der Waals surface area contributed by atoms with E-state index in [0.717, 1.165) is 5.57 Å². The Labute approximate surface area is 421 Å². The molecule has 0 aromatic rings. The van der Waals surface area contributed by atoms with Gasteiger partial charge in [-0.2, -0.15) is 0 Å². The number of aliphatic hydroxyl groups is 7. The number of allylic oxidation sites excluding steroid dienone is 4. The lowest BCUT2D eigenvalue weighted by Crippen LogP contribution is -2.73. The molecule has 2 heterocycles. The molecule has 0 aromatic carbocycles. The highest BCUT2D eigenvalue weighted by Crippen LogP contribution is 2.77. The van der Waals surface area contributed by atoms with Gasteiger partial charge in [-0.3, -0.25) is 4.79 Å². The van der Waals surface area contributed by atoms with E-state index >= 15 is 0 Å². The molecule has 0 radical (unpaired) electrons. The van der Waals surface area contributed by atoms with Crippen molar-refractivity contribution in [2.45, 2.75) is 201 Å². The van der Waals surface area contributed by atoms with Gasteiger partial charge >= 0.3 is 23.9 Å². The second-order valence-electron chi connectivity index (χ2n) is 23.8. The van der Waals surface area contributed by atoms with Crippen molar-refractivity contribution in [1.82, 2.24) is 0 Å². The molecule has 2 saturated heterocycles. The van der Waals surface area contributed by atoms with Crippen LogP contribution in [-0.4, -0.2) is 164 Å². The highest BCUT2D eigenvalue weighted by Gasteiger charge is 2.75. The summed E-state index contributed by atoms with van der Waals surface area (Å²) in [6, 6.07) is 0. The van der Waals surface area contributed by atoms with Crippen molar-refractivity contribution in [3.63, 3.8) is 0 Å².